The Morgan fingerprint density at radius 1 is 1.14 bits per heavy atom. The Labute approximate surface area is 171 Å². The van der Waals surface area contributed by atoms with Gasteiger partial charge in [-0.3, -0.25) is 14.4 Å². The van der Waals surface area contributed by atoms with Crippen LogP contribution in [0.15, 0.2) is 24.3 Å². The van der Waals surface area contributed by atoms with Gasteiger partial charge in [-0.25, -0.2) is 0 Å². The van der Waals surface area contributed by atoms with E-state index in [4.69, 9.17) is 4.74 Å². The van der Waals surface area contributed by atoms with Gasteiger partial charge in [0.05, 0.1) is 18.9 Å². The number of likely N-dealkylation sites (tertiary alicyclic amines) is 2. The number of rotatable bonds is 3. The summed E-state index contributed by atoms with van der Waals surface area (Å²) < 4.78 is 5.24. The average molecular weight is 399 g/mol. The number of hydrogen-bond acceptors (Lipinski definition) is 4. The fourth-order valence-corrected chi connectivity index (χ4v) is 5.51. The Bertz CT molecular complexity index is 831. The van der Waals surface area contributed by atoms with Crippen LogP contribution in [0.1, 0.15) is 31.7 Å². The molecule has 0 aliphatic carbocycles. The lowest BCUT2D eigenvalue weighted by atomic mass is 9.60. The molecule has 29 heavy (non-hydrogen) atoms. The van der Waals surface area contributed by atoms with E-state index in [9.17, 15) is 14.4 Å². The van der Waals surface area contributed by atoms with Crippen LogP contribution in [-0.4, -0.2) is 67.4 Å². The number of carbonyl (C=O) groups is 3. The number of nitrogens with one attached hydrogen (secondary N) is 1. The van der Waals surface area contributed by atoms with E-state index in [-0.39, 0.29) is 23.1 Å². The fraction of sp³-hybridized carbons (Fsp3) is 0.591. The van der Waals surface area contributed by atoms with Crippen LogP contribution < -0.4 is 10.1 Å². The molecule has 3 aliphatic heterocycles. The summed E-state index contributed by atoms with van der Waals surface area (Å²) in [6.07, 6.45) is 2.63. The Morgan fingerprint density at radius 2 is 1.90 bits per heavy atom. The topological polar surface area (TPSA) is 79.0 Å². The molecule has 0 saturated carbocycles. The molecule has 0 radical (unpaired) electrons. The Kier molecular flexibility index (Phi) is 5.00. The van der Waals surface area contributed by atoms with Gasteiger partial charge in [-0.1, -0.05) is 12.1 Å². The number of methoxy groups -OCH3 is 1. The number of ether oxygens (including phenoxy) is 1. The highest BCUT2D eigenvalue weighted by Crippen LogP contribution is 2.56. The van der Waals surface area contributed by atoms with E-state index < -0.39 is 5.41 Å². The number of carbonyl (C=O) groups excluding carboxylic acids is 3. The first-order valence-corrected chi connectivity index (χ1v) is 10.3. The van der Waals surface area contributed by atoms with Crippen LogP contribution in [0.4, 0.5) is 0 Å². The van der Waals surface area contributed by atoms with E-state index in [1.54, 1.807) is 14.0 Å². The standard InChI is InChI=1S/C22H29N3O4/c1-16(26)25-14-21(22(15-25)6-9-23-20(22)28)7-10-24(11-8-21)19(27)13-17-4-3-5-18(12-17)29-2/h3-5,12H,6-11,13-15H2,1-2H3,(H,23,28)/t22-/m0/s1. The lowest BCUT2D eigenvalue weighted by Gasteiger charge is -2.46. The molecule has 3 fully saturated rings. The fourth-order valence-electron chi connectivity index (χ4n) is 5.51. The maximum absolute atomic E-state index is 12.9. The third kappa shape index (κ3) is 3.26. The summed E-state index contributed by atoms with van der Waals surface area (Å²) in [7, 11) is 1.62. The summed E-state index contributed by atoms with van der Waals surface area (Å²) in [5, 5.41) is 2.99. The van der Waals surface area contributed by atoms with Crippen LogP contribution in [0.3, 0.4) is 0 Å². The van der Waals surface area contributed by atoms with E-state index in [1.165, 1.54) is 0 Å². The molecule has 1 atom stereocenters. The van der Waals surface area contributed by atoms with E-state index >= 15 is 0 Å². The zero-order valence-electron chi connectivity index (χ0n) is 17.2. The molecule has 3 heterocycles. The Balaban J connectivity index is 1.46. The third-order valence-electron chi connectivity index (χ3n) is 7.25. The van der Waals surface area contributed by atoms with Crippen LogP contribution in [0.25, 0.3) is 0 Å². The summed E-state index contributed by atoms with van der Waals surface area (Å²) in [6.45, 7) is 4.63. The van der Waals surface area contributed by atoms with Crippen molar-refractivity contribution in [2.45, 2.75) is 32.6 Å². The second-order valence-electron chi connectivity index (χ2n) is 8.65. The molecular formula is C22H29N3O4. The van der Waals surface area contributed by atoms with E-state index in [0.29, 0.717) is 39.1 Å². The lowest BCUT2D eigenvalue weighted by Crippen LogP contribution is -2.53. The first-order chi connectivity index (χ1) is 13.9. The quantitative estimate of drug-likeness (QED) is 0.829. The first-order valence-electron chi connectivity index (χ1n) is 10.3. The van der Waals surface area contributed by atoms with Gasteiger partial charge >= 0.3 is 0 Å². The molecule has 156 valence electrons. The predicted molar refractivity (Wildman–Crippen MR) is 107 cm³/mol. The predicted octanol–water partition coefficient (Wildman–Crippen LogP) is 1.21. The minimum absolute atomic E-state index is 0.0254. The average Bonchev–Trinajstić information content (AvgIpc) is 3.24. The van der Waals surface area contributed by atoms with Crippen molar-refractivity contribution in [2.75, 3.05) is 39.8 Å². The molecule has 7 nitrogen and oxygen atoms in total. The van der Waals surface area contributed by atoms with Crippen molar-refractivity contribution in [1.29, 1.82) is 0 Å². The number of benzene rings is 1. The Morgan fingerprint density at radius 3 is 2.52 bits per heavy atom. The number of fused-ring (bicyclic) bond motifs is 1. The van der Waals surface area contributed by atoms with Crippen molar-refractivity contribution in [3.8, 4) is 5.75 Å². The molecule has 0 bridgehead atoms. The summed E-state index contributed by atoms with van der Waals surface area (Å²) in [5.74, 6) is 0.951. The number of piperidine rings is 1. The summed E-state index contributed by atoms with van der Waals surface area (Å²) >= 11 is 0. The van der Waals surface area contributed by atoms with Gasteiger partial charge in [0.2, 0.25) is 17.7 Å². The van der Waals surface area contributed by atoms with Crippen molar-refractivity contribution >= 4 is 17.7 Å². The number of amides is 3. The van der Waals surface area contributed by atoms with Gasteiger partial charge in [0.15, 0.2) is 0 Å². The van der Waals surface area contributed by atoms with E-state index in [0.717, 1.165) is 30.6 Å². The highest BCUT2D eigenvalue weighted by atomic mass is 16.5. The van der Waals surface area contributed by atoms with Gasteiger partial charge in [0.25, 0.3) is 0 Å². The zero-order valence-corrected chi connectivity index (χ0v) is 17.2. The molecule has 0 unspecified atom stereocenters. The van der Waals surface area contributed by atoms with Crippen LogP contribution in [0, 0.1) is 10.8 Å². The molecule has 1 aromatic carbocycles. The van der Waals surface area contributed by atoms with Gasteiger partial charge in [-0.05, 0) is 37.0 Å². The largest absolute Gasteiger partial charge is 0.497 e. The summed E-state index contributed by atoms with van der Waals surface area (Å²) in [6, 6.07) is 7.59. The SMILES string of the molecule is COc1cccc(CC(=O)N2CCC3(CC2)CN(C(C)=O)C[C@]32CCNC2=O)c1. The van der Waals surface area contributed by atoms with Gasteiger partial charge in [-0.15, -0.1) is 0 Å². The first kappa shape index (κ1) is 19.7. The minimum atomic E-state index is -0.499. The smallest absolute Gasteiger partial charge is 0.228 e. The van der Waals surface area contributed by atoms with Crippen molar-refractivity contribution in [3.05, 3.63) is 29.8 Å². The van der Waals surface area contributed by atoms with Gasteiger partial charge in [-0.2, -0.15) is 0 Å². The molecule has 1 N–H and O–H groups in total. The molecule has 0 aromatic heterocycles. The zero-order chi connectivity index (χ0) is 20.6. The molecule has 3 amide bonds. The highest BCUT2D eigenvalue weighted by Gasteiger charge is 2.64. The van der Waals surface area contributed by atoms with Crippen LogP contribution in [-0.2, 0) is 20.8 Å². The van der Waals surface area contributed by atoms with Crippen LogP contribution >= 0.6 is 0 Å². The second kappa shape index (κ2) is 7.35. The van der Waals surface area contributed by atoms with Crippen molar-refractivity contribution in [3.63, 3.8) is 0 Å². The maximum Gasteiger partial charge on any atom is 0.228 e. The second-order valence-corrected chi connectivity index (χ2v) is 8.65. The van der Waals surface area contributed by atoms with Crippen molar-refractivity contribution < 1.29 is 19.1 Å². The van der Waals surface area contributed by atoms with Gasteiger partial charge in [0, 0.05) is 45.1 Å². The molecule has 4 rings (SSSR count). The Hall–Kier alpha value is -2.57. The summed E-state index contributed by atoms with van der Waals surface area (Å²) in [4.78, 5) is 41.5. The van der Waals surface area contributed by atoms with Gasteiger partial charge < -0.3 is 19.9 Å². The van der Waals surface area contributed by atoms with Crippen molar-refractivity contribution in [1.82, 2.24) is 15.1 Å². The molecular weight excluding hydrogens is 370 g/mol. The van der Waals surface area contributed by atoms with E-state index in [1.807, 2.05) is 34.1 Å². The van der Waals surface area contributed by atoms with Crippen LogP contribution in [0.2, 0.25) is 0 Å². The molecule has 2 spiro atoms. The molecule has 3 saturated heterocycles. The minimum Gasteiger partial charge on any atom is -0.497 e. The number of hydrogen-bond donors (Lipinski definition) is 1. The van der Waals surface area contributed by atoms with E-state index in [2.05, 4.69) is 5.32 Å². The molecule has 3 aliphatic rings. The normalized spacial score (nSPS) is 25.5. The monoisotopic (exact) mass is 399 g/mol. The molecule has 1 aromatic rings. The van der Waals surface area contributed by atoms with Crippen LogP contribution in [0.5, 0.6) is 5.75 Å². The number of nitrogens with zero attached hydrogens (tertiary/aromatic N) is 2. The van der Waals surface area contributed by atoms with Crippen molar-refractivity contribution in [2.24, 2.45) is 10.8 Å². The summed E-state index contributed by atoms with van der Waals surface area (Å²) in [5.41, 5.74) is 0.206. The third-order valence-corrected chi connectivity index (χ3v) is 7.25. The highest BCUT2D eigenvalue weighted by molar-refractivity contribution is 5.88. The lowest BCUT2D eigenvalue weighted by molar-refractivity contribution is -0.138. The molecule has 7 heteroatoms. The maximum atomic E-state index is 12.9. The van der Waals surface area contributed by atoms with Gasteiger partial charge in [0.1, 0.15) is 5.75 Å².